The molecule has 5 nitrogen and oxygen atoms in total. The van der Waals surface area contributed by atoms with E-state index >= 15 is 0 Å². The number of likely N-dealkylation sites (tertiary alicyclic amines) is 1. The Morgan fingerprint density at radius 3 is 2.42 bits per heavy atom. The molecule has 0 bridgehead atoms. The number of halogens is 1. The van der Waals surface area contributed by atoms with Gasteiger partial charge in [0.1, 0.15) is 5.76 Å². The predicted molar refractivity (Wildman–Crippen MR) is 94.5 cm³/mol. The first-order valence-corrected chi connectivity index (χ1v) is 8.59. The summed E-state index contributed by atoms with van der Waals surface area (Å²) < 4.78 is 5.85. The van der Waals surface area contributed by atoms with Crippen LogP contribution in [0.15, 0.2) is 40.1 Å². The van der Waals surface area contributed by atoms with Crippen LogP contribution in [0.5, 0.6) is 0 Å². The van der Waals surface area contributed by atoms with Crippen molar-refractivity contribution in [3.8, 4) is 0 Å². The predicted octanol–water partition coefficient (Wildman–Crippen LogP) is 3.26. The minimum absolute atomic E-state index is 0.0216. The number of carbonyl (C=O) groups is 2. The number of amides is 1. The number of aliphatic hydroxyl groups is 1. The number of aliphatic hydroxyl groups excluding tert-OH is 1. The van der Waals surface area contributed by atoms with Crippen LogP contribution in [0.2, 0.25) is 0 Å². The van der Waals surface area contributed by atoms with Gasteiger partial charge < -0.3 is 14.7 Å². The largest absolute Gasteiger partial charge is 0.512 e. The van der Waals surface area contributed by atoms with Crippen LogP contribution in [0, 0.1) is 11.8 Å². The number of hydrogen-bond donors (Lipinski definition) is 1. The monoisotopic (exact) mass is 395 g/mol. The van der Waals surface area contributed by atoms with Crippen molar-refractivity contribution < 1.29 is 19.4 Å². The average Bonchev–Trinajstić information content (AvgIpc) is 2.56. The van der Waals surface area contributed by atoms with E-state index in [0.717, 1.165) is 10.0 Å². The van der Waals surface area contributed by atoms with Gasteiger partial charge in [-0.05, 0) is 17.7 Å². The molecule has 2 atom stereocenters. The topological polar surface area (TPSA) is 66.8 Å². The maximum absolute atomic E-state index is 12.7. The minimum atomic E-state index is -0.560. The minimum Gasteiger partial charge on any atom is -0.512 e. The quantitative estimate of drug-likeness (QED) is 0.484. The Labute approximate surface area is 150 Å². The van der Waals surface area contributed by atoms with Gasteiger partial charge in [-0.1, -0.05) is 41.9 Å². The molecule has 0 saturated carbocycles. The van der Waals surface area contributed by atoms with Gasteiger partial charge in [0.2, 0.25) is 0 Å². The number of allylic oxidation sites excluding steroid dienone is 1. The third-order valence-electron chi connectivity index (χ3n) is 4.32. The highest BCUT2D eigenvalue weighted by Gasteiger charge is 2.44. The van der Waals surface area contributed by atoms with E-state index in [1.165, 1.54) is 12.0 Å². The summed E-state index contributed by atoms with van der Waals surface area (Å²) in [4.78, 5) is 26.5. The lowest BCUT2D eigenvalue weighted by Crippen LogP contribution is -2.47. The second-order valence-electron chi connectivity index (χ2n) is 6.30. The van der Waals surface area contributed by atoms with Gasteiger partial charge in [0.25, 0.3) is 5.91 Å². The van der Waals surface area contributed by atoms with Crippen molar-refractivity contribution in [1.29, 1.82) is 0 Å². The Morgan fingerprint density at radius 1 is 1.33 bits per heavy atom. The van der Waals surface area contributed by atoms with Gasteiger partial charge in [-0.25, -0.2) is 0 Å². The second kappa shape index (κ2) is 7.38. The molecule has 24 heavy (non-hydrogen) atoms. The molecule has 6 heteroatoms. The Hall–Kier alpha value is -1.82. The highest BCUT2D eigenvalue weighted by atomic mass is 79.9. The Balaban J connectivity index is 2.65. The van der Waals surface area contributed by atoms with Crippen LogP contribution < -0.4 is 0 Å². The fourth-order valence-corrected chi connectivity index (χ4v) is 3.30. The molecule has 2 rings (SSSR count). The number of carbonyl (C=O) groups excluding carboxylic acids is 2. The highest BCUT2D eigenvalue weighted by Crippen LogP contribution is 2.40. The van der Waals surface area contributed by atoms with E-state index in [1.54, 1.807) is 7.05 Å². The van der Waals surface area contributed by atoms with E-state index in [0.29, 0.717) is 0 Å². The SMILES string of the molecule is COC(=O)[C@@H]1CN(C)C(=O)/C(=C(\O)C(C)C)[C@@H]1c1ccc(Br)cc1. The number of ether oxygens (including phenoxy) is 1. The van der Waals surface area contributed by atoms with Crippen LogP contribution in [0.4, 0.5) is 0 Å². The van der Waals surface area contributed by atoms with Crippen molar-refractivity contribution in [3.63, 3.8) is 0 Å². The lowest BCUT2D eigenvalue weighted by molar-refractivity contribution is -0.149. The molecule has 1 aromatic carbocycles. The van der Waals surface area contributed by atoms with Gasteiger partial charge in [-0.2, -0.15) is 0 Å². The summed E-state index contributed by atoms with van der Waals surface area (Å²) in [5, 5.41) is 10.6. The van der Waals surface area contributed by atoms with Crippen molar-refractivity contribution in [2.24, 2.45) is 11.8 Å². The summed E-state index contributed by atoms with van der Waals surface area (Å²) >= 11 is 3.39. The number of nitrogens with zero attached hydrogens (tertiary/aromatic N) is 1. The molecule has 1 aliphatic rings. The second-order valence-corrected chi connectivity index (χ2v) is 7.21. The van der Waals surface area contributed by atoms with E-state index in [4.69, 9.17) is 4.74 Å². The van der Waals surface area contributed by atoms with Crippen molar-refractivity contribution in [1.82, 2.24) is 4.90 Å². The van der Waals surface area contributed by atoms with Crippen LogP contribution in [-0.4, -0.2) is 42.6 Å². The molecular formula is C18H22BrNO4. The van der Waals surface area contributed by atoms with Crippen LogP contribution in [-0.2, 0) is 14.3 Å². The summed E-state index contributed by atoms with van der Waals surface area (Å²) in [6.45, 7) is 3.88. The van der Waals surface area contributed by atoms with Crippen LogP contribution in [0.3, 0.4) is 0 Å². The van der Waals surface area contributed by atoms with E-state index in [-0.39, 0.29) is 29.7 Å². The summed E-state index contributed by atoms with van der Waals surface area (Å²) in [5.74, 6) is -1.93. The number of esters is 1. The highest BCUT2D eigenvalue weighted by molar-refractivity contribution is 9.10. The number of benzene rings is 1. The van der Waals surface area contributed by atoms with Crippen LogP contribution in [0.25, 0.3) is 0 Å². The fourth-order valence-electron chi connectivity index (χ4n) is 3.03. The molecule has 1 aromatic rings. The molecule has 0 unspecified atom stereocenters. The Morgan fingerprint density at radius 2 is 1.92 bits per heavy atom. The Bertz CT molecular complexity index is 666. The van der Waals surface area contributed by atoms with Gasteiger partial charge in [0, 0.05) is 29.9 Å². The van der Waals surface area contributed by atoms with E-state index in [1.807, 2.05) is 38.1 Å². The molecule has 0 radical (unpaired) electrons. The standard InChI is InChI=1S/C18H22BrNO4/c1-10(2)16(21)15-14(11-5-7-12(19)8-6-11)13(18(23)24-4)9-20(3)17(15)22/h5-8,10,13-14,21H,9H2,1-4H3/b16-15-/t13-,14-/m1/s1. The number of likely N-dealkylation sites (N-methyl/N-ethyl adjacent to an activating group) is 1. The molecule has 1 fully saturated rings. The summed E-state index contributed by atoms with van der Waals surface area (Å²) in [7, 11) is 2.97. The zero-order valence-electron chi connectivity index (χ0n) is 14.2. The molecule has 1 aliphatic heterocycles. The zero-order valence-corrected chi connectivity index (χ0v) is 15.8. The van der Waals surface area contributed by atoms with Gasteiger partial charge in [0.15, 0.2) is 0 Å². The molecule has 0 aromatic heterocycles. The Kier molecular flexibility index (Phi) is 5.70. The number of rotatable bonds is 3. The van der Waals surface area contributed by atoms with Crippen LogP contribution in [0.1, 0.15) is 25.3 Å². The summed E-state index contributed by atoms with van der Waals surface area (Å²) in [6, 6.07) is 7.43. The molecule has 1 heterocycles. The van der Waals surface area contributed by atoms with Crippen molar-refractivity contribution >= 4 is 27.8 Å². The lowest BCUT2D eigenvalue weighted by atomic mass is 9.75. The molecule has 130 valence electrons. The number of methoxy groups -OCH3 is 1. The molecule has 0 aliphatic carbocycles. The average molecular weight is 396 g/mol. The van der Waals surface area contributed by atoms with E-state index < -0.39 is 17.8 Å². The van der Waals surface area contributed by atoms with Crippen molar-refractivity contribution in [2.75, 3.05) is 20.7 Å². The first-order valence-electron chi connectivity index (χ1n) is 7.79. The van der Waals surface area contributed by atoms with Gasteiger partial charge in [-0.15, -0.1) is 0 Å². The molecule has 1 N–H and O–H groups in total. The normalized spacial score (nSPS) is 23.4. The third-order valence-corrected chi connectivity index (χ3v) is 4.85. The molecule has 0 spiro atoms. The van der Waals surface area contributed by atoms with Crippen molar-refractivity contribution in [3.05, 3.63) is 45.6 Å². The maximum Gasteiger partial charge on any atom is 0.311 e. The molecule has 1 amide bonds. The van der Waals surface area contributed by atoms with E-state index in [9.17, 15) is 14.7 Å². The summed E-state index contributed by atoms with van der Waals surface area (Å²) in [5.41, 5.74) is 1.08. The van der Waals surface area contributed by atoms with Gasteiger partial charge in [0.05, 0.1) is 18.6 Å². The van der Waals surface area contributed by atoms with E-state index in [2.05, 4.69) is 15.9 Å². The number of piperidine rings is 1. The summed E-state index contributed by atoms with van der Waals surface area (Å²) in [6.07, 6.45) is 0. The van der Waals surface area contributed by atoms with Gasteiger partial charge in [-0.3, -0.25) is 9.59 Å². The third kappa shape index (κ3) is 3.48. The first-order chi connectivity index (χ1) is 11.3. The first kappa shape index (κ1) is 18.5. The van der Waals surface area contributed by atoms with Gasteiger partial charge >= 0.3 is 5.97 Å². The fraction of sp³-hybridized carbons (Fsp3) is 0.444. The zero-order chi connectivity index (χ0) is 18.0. The molecular weight excluding hydrogens is 374 g/mol. The smallest absolute Gasteiger partial charge is 0.311 e. The maximum atomic E-state index is 12.7. The van der Waals surface area contributed by atoms with Crippen molar-refractivity contribution in [2.45, 2.75) is 19.8 Å². The molecule has 1 saturated heterocycles. The van der Waals surface area contributed by atoms with Crippen LogP contribution >= 0.6 is 15.9 Å². The lowest BCUT2D eigenvalue weighted by Gasteiger charge is -2.37. The number of hydrogen-bond acceptors (Lipinski definition) is 4.